The Morgan fingerprint density at radius 3 is 2.24 bits per heavy atom. The molecule has 0 saturated carbocycles. The third-order valence-electron chi connectivity index (χ3n) is 4.98. The van der Waals surface area contributed by atoms with E-state index in [1.165, 1.54) is 24.3 Å². The van der Waals surface area contributed by atoms with Gasteiger partial charge in [-0.1, -0.05) is 12.1 Å². The van der Waals surface area contributed by atoms with E-state index >= 15 is 0 Å². The standard InChI is InChI=1S/C20H18F5NO3/c21-19(22)29-11-17-9-14(12-1-5-15(6-2-12)20(23,24)25)10-26(17)16-7-3-13(4-8-16)18(27)28/h1-8,14,17,19H,9-11H2,(H,27,28)/t14?,17-/m0/s1. The molecule has 0 aliphatic carbocycles. The number of carboxylic acid groups (broad SMARTS) is 1. The third kappa shape index (κ3) is 5.03. The van der Waals surface area contributed by atoms with Crippen molar-refractivity contribution in [2.75, 3.05) is 18.1 Å². The number of ether oxygens (including phenoxy) is 1. The van der Waals surface area contributed by atoms with Crippen LogP contribution in [-0.4, -0.2) is 36.9 Å². The van der Waals surface area contributed by atoms with Crippen LogP contribution in [0.4, 0.5) is 27.6 Å². The molecule has 1 saturated heterocycles. The van der Waals surface area contributed by atoms with Gasteiger partial charge < -0.3 is 14.7 Å². The van der Waals surface area contributed by atoms with Crippen molar-refractivity contribution in [2.24, 2.45) is 0 Å². The molecule has 0 spiro atoms. The molecule has 2 aromatic carbocycles. The first kappa shape index (κ1) is 21.0. The molecule has 1 fully saturated rings. The maximum Gasteiger partial charge on any atom is 0.416 e. The molecule has 3 rings (SSSR count). The molecule has 29 heavy (non-hydrogen) atoms. The molecule has 9 heteroatoms. The summed E-state index contributed by atoms with van der Waals surface area (Å²) in [7, 11) is 0. The Morgan fingerprint density at radius 1 is 1.10 bits per heavy atom. The zero-order valence-corrected chi connectivity index (χ0v) is 15.1. The van der Waals surface area contributed by atoms with E-state index in [9.17, 15) is 26.7 Å². The average Bonchev–Trinajstić information content (AvgIpc) is 3.10. The van der Waals surface area contributed by atoms with Gasteiger partial charge in [0.15, 0.2) is 0 Å². The van der Waals surface area contributed by atoms with Gasteiger partial charge in [-0.25, -0.2) is 4.79 Å². The van der Waals surface area contributed by atoms with Gasteiger partial charge in [-0.3, -0.25) is 0 Å². The molecule has 0 amide bonds. The van der Waals surface area contributed by atoms with Crippen LogP contribution in [0.1, 0.15) is 33.8 Å². The van der Waals surface area contributed by atoms with Gasteiger partial charge in [-0.2, -0.15) is 22.0 Å². The van der Waals surface area contributed by atoms with Crippen LogP contribution >= 0.6 is 0 Å². The maximum absolute atomic E-state index is 12.8. The highest BCUT2D eigenvalue weighted by Gasteiger charge is 2.35. The monoisotopic (exact) mass is 415 g/mol. The normalized spacial score (nSPS) is 19.7. The average molecular weight is 415 g/mol. The van der Waals surface area contributed by atoms with Crippen LogP contribution in [0.25, 0.3) is 0 Å². The molecule has 4 nitrogen and oxygen atoms in total. The van der Waals surface area contributed by atoms with Crippen LogP contribution in [0.3, 0.4) is 0 Å². The smallest absolute Gasteiger partial charge is 0.416 e. The molecule has 0 bridgehead atoms. The summed E-state index contributed by atoms with van der Waals surface area (Å²) in [5.74, 6) is -1.26. The van der Waals surface area contributed by atoms with Crippen molar-refractivity contribution >= 4 is 11.7 Å². The topological polar surface area (TPSA) is 49.8 Å². The number of rotatable bonds is 6. The Morgan fingerprint density at radius 2 is 1.72 bits per heavy atom. The van der Waals surface area contributed by atoms with E-state index in [2.05, 4.69) is 4.74 Å². The SMILES string of the molecule is O=C(O)c1ccc(N2CC(c3ccc(C(F)(F)F)cc3)C[C@H]2COC(F)F)cc1. The van der Waals surface area contributed by atoms with Crippen molar-refractivity contribution in [1.29, 1.82) is 0 Å². The summed E-state index contributed by atoms with van der Waals surface area (Å²) in [5, 5.41) is 9.01. The molecule has 0 aromatic heterocycles. The summed E-state index contributed by atoms with van der Waals surface area (Å²) in [6, 6.07) is 10.4. The molecule has 1 aliphatic heterocycles. The van der Waals surface area contributed by atoms with Gasteiger partial charge in [0.1, 0.15) is 0 Å². The van der Waals surface area contributed by atoms with Crippen molar-refractivity contribution in [1.82, 2.24) is 0 Å². The van der Waals surface area contributed by atoms with Crippen LogP contribution in [0.5, 0.6) is 0 Å². The number of aromatic carboxylic acids is 1. The van der Waals surface area contributed by atoms with Crippen LogP contribution in [-0.2, 0) is 10.9 Å². The molecule has 1 N–H and O–H groups in total. The van der Waals surface area contributed by atoms with Crippen molar-refractivity contribution in [3.63, 3.8) is 0 Å². The number of carboxylic acids is 1. The molecule has 156 valence electrons. The highest BCUT2D eigenvalue weighted by molar-refractivity contribution is 5.88. The number of hydrogen-bond acceptors (Lipinski definition) is 3. The van der Waals surface area contributed by atoms with Gasteiger partial charge in [-0.05, 0) is 48.4 Å². The van der Waals surface area contributed by atoms with Crippen molar-refractivity contribution in [3.8, 4) is 0 Å². The summed E-state index contributed by atoms with van der Waals surface area (Å²) in [6.07, 6.45) is -4.02. The van der Waals surface area contributed by atoms with Gasteiger partial charge in [-0.15, -0.1) is 0 Å². The number of nitrogens with zero attached hydrogens (tertiary/aromatic N) is 1. The van der Waals surface area contributed by atoms with Crippen molar-refractivity contribution in [3.05, 3.63) is 65.2 Å². The largest absolute Gasteiger partial charge is 0.478 e. The second-order valence-corrected chi connectivity index (χ2v) is 6.80. The van der Waals surface area contributed by atoms with Crippen LogP contribution in [0.2, 0.25) is 0 Å². The lowest BCUT2D eigenvalue weighted by atomic mass is 9.95. The summed E-state index contributed by atoms with van der Waals surface area (Å²) in [4.78, 5) is 12.8. The van der Waals surface area contributed by atoms with E-state index in [1.807, 2.05) is 4.90 Å². The first-order valence-electron chi connectivity index (χ1n) is 8.82. The van der Waals surface area contributed by atoms with Gasteiger partial charge in [0, 0.05) is 18.2 Å². The molecule has 1 unspecified atom stereocenters. The summed E-state index contributed by atoms with van der Waals surface area (Å²) in [5.41, 5.74) is 0.641. The van der Waals surface area contributed by atoms with Gasteiger partial charge in [0.2, 0.25) is 0 Å². The van der Waals surface area contributed by atoms with Crippen molar-refractivity contribution in [2.45, 2.75) is 31.2 Å². The fourth-order valence-corrected chi connectivity index (χ4v) is 3.56. The van der Waals surface area contributed by atoms with Crippen LogP contribution < -0.4 is 4.90 Å². The minimum absolute atomic E-state index is 0.0904. The molecule has 0 radical (unpaired) electrons. The van der Waals surface area contributed by atoms with Gasteiger partial charge in [0.25, 0.3) is 0 Å². The first-order valence-corrected chi connectivity index (χ1v) is 8.82. The van der Waals surface area contributed by atoms with E-state index in [4.69, 9.17) is 5.11 Å². The lowest BCUT2D eigenvalue weighted by molar-refractivity contribution is -0.137. The summed E-state index contributed by atoms with van der Waals surface area (Å²) in [6.45, 7) is -2.80. The molecular weight excluding hydrogens is 397 g/mol. The van der Waals surface area contributed by atoms with Crippen LogP contribution in [0, 0.1) is 0 Å². The Kier molecular flexibility index (Phi) is 6.07. The summed E-state index contributed by atoms with van der Waals surface area (Å²) < 4.78 is 67.8. The second kappa shape index (κ2) is 8.36. The summed E-state index contributed by atoms with van der Waals surface area (Å²) >= 11 is 0. The minimum Gasteiger partial charge on any atom is -0.478 e. The molecule has 1 heterocycles. The quantitative estimate of drug-likeness (QED) is 0.675. The van der Waals surface area contributed by atoms with Gasteiger partial charge in [0.05, 0.1) is 23.8 Å². The Labute approximate surface area is 163 Å². The van der Waals surface area contributed by atoms with Crippen molar-refractivity contribution < 1.29 is 36.6 Å². The minimum atomic E-state index is -4.43. The fourth-order valence-electron chi connectivity index (χ4n) is 3.56. The first-order chi connectivity index (χ1) is 13.6. The Hall–Kier alpha value is -2.68. The van der Waals surface area contributed by atoms with Gasteiger partial charge >= 0.3 is 18.8 Å². The molecule has 1 aliphatic rings. The lowest BCUT2D eigenvalue weighted by Gasteiger charge is -2.26. The van der Waals surface area contributed by atoms with Crippen LogP contribution in [0.15, 0.2) is 48.5 Å². The number of benzene rings is 2. The highest BCUT2D eigenvalue weighted by atomic mass is 19.4. The zero-order chi connectivity index (χ0) is 21.2. The lowest BCUT2D eigenvalue weighted by Crippen LogP contribution is -2.33. The predicted octanol–water partition coefficient (Wildman–Crippen LogP) is 5.01. The zero-order valence-electron chi connectivity index (χ0n) is 15.1. The second-order valence-electron chi connectivity index (χ2n) is 6.80. The van der Waals surface area contributed by atoms with E-state index in [0.717, 1.165) is 12.1 Å². The number of hydrogen-bond donors (Lipinski definition) is 1. The fraction of sp³-hybridized carbons (Fsp3) is 0.350. The van der Waals surface area contributed by atoms with E-state index in [0.29, 0.717) is 24.2 Å². The molecule has 2 aromatic rings. The Balaban J connectivity index is 1.81. The number of alkyl halides is 5. The maximum atomic E-state index is 12.8. The molecule has 2 atom stereocenters. The van der Waals surface area contributed by atoms with E-state index in [-0.39, 0.29) is 18.1 Å². The highest BCUT2D eigenvalue weighted by Crippen LogP contribution is 2.37. The van der Waals surface area contributed by atoms with E-state index < -0.39 is 30.4 Å². The number of carbonyl (C=O) groups is 1. The number of halogens is 5. The predicted molar refractivity (Wildman–Crippen MR) is 95.3 cm³/mol. The molecular formula is C20H18F5NO3. The third-order valence-corrected chi connectivity index (χ3v) is 4.98. The van der Waals surface area contributed by atoms with E-state index in [1.54, 1.807) is 12.1 Å². The number of anilines is 1. The Bertz CT molecular complexity index is 837.